The first-order valence-electron chi connectivity index (χ1n) is 4.61. The van der Waals surface area contributed by atoms with Gasteiger partial charge in [0.1, 0.15) is 0 Å². The van der Waals surface area contributed by atoms with Crippen molar-refractivity contribution in [2.24, 2.45) is 0 Å². The van der Waals surface area contributed by atoms with Crippen molar-refractivity contribution in [3.63, 3.8) is 0 Å². The number of rotatable bonds is 3. The summed E-state index contributed by atoms with van der Waals surface area (Å²) in [6.07, 6.45) is 0. The minimum absolute atomic E-state index is 0.701. The Morgan fingerprint density at radius 3 is 2.00 bits per heavy atom. The van der Waals surface area contributed by atoms with Gasteiger partial charge in [-0.15, -0.1) is 0 Å². The van der Waals surface area contributed by atoms with E-state index in [1.54, 1.807) is 11.8 Å². The van der Waals surface area contributed by atoms with E-state index in [0.29, 0.717) is 5.69 Å². The monoisotopic (exact) mass is 217 g/mol. The fraction of sp³-hybridized carbons (Fsp3) is 0. The molecule has 2 aromatic carbocycles. The second kappa shape index (κ2) is 4.87. The van der Waals surface area contributed by atoms with Crippen molar-refractivity contribution in [2.75, 3.05) is 5.48 Å². The highest BCUT2D eigenvalue weighted by molar-refractivity contribution is 7.99. The Hall–Kier alpha value is -1.45. The number of hydrogen-bond donors (Lipinski definition) is 2. The van der Waals surface area contributed by atoms with E-state index >= 15 is 0 Å². The quantitative estimate of drug-likeness (QED) is 0.770. The Balaban J connectivity index is 2.11. The van der Waals surface area contributed by atoms with Gasteiger partial charge >= 0.3 is 0 Å². The summed E-state index contributed by atoms with van der Waals surface area (Å²) in [4.78, 5) is 2.36. The van der Waals surface area contributed by atoms with Gasteiger partial charge in [-0.2, -0.15) is 0 Å². The van der Waals surface area contributed by atoms with Gasteiger partial charge in [0, 0.05) is 9.79 Å². The summed E-state index contributed by atoms with van der Waals surface area (Å²) in [5, 5.41) is 8.66. The summed E-state index contributed by atoms with van der Waals surface area (Å²) in [7, 11) is 0. The van der Waals surface area contributed by atoms with Crippen LogP contribution in [0.2, 0.25) is 0 Å². The van der Waals surface area contributed by atoms with Crippen molar-refractivity contribution < 1.29 is 5.21 Å². The molecule has 0 aromatic heterocycles. The van der Waals surface area contributed by atoms with Crippen molar-refractivity contribution in [2.45, 2.75) is 9.79 Å². The molecule has 76 valence electrons. The van der Waals surface area contributed by atoms with Crippen LogP contribution in [0, 0.1) is 0 Å². The Bertz CT molecular complexity index is 413. The van der Waals surface area contributed by atoms with Gasteiger partial charge in [-0.05, 0) is 36.4 Å². The third-order valence-corrected chi connectivity index (χ3v) is 2.98. The zero-order valence-corrected chi connectivity index (χ0v) is 8.87. The van der Waals surface area contributed by atoms with Gasteiger partial charge in [0.25, 0.3) is 0 Å². The van der Waals surface area contributed by atoms with Gasteiger partial charge in [-0.1, -0.05) is 30.0 Å². The zero-order chi connectivity index (χ0) is 10.5. The zero-order valence-electron chi connectivity index (χ0n) is 8.05. The molecule has 15 heavy (non-hydrogen) atoms. The lowest BCUT2D eigenvalue weighted by Crippen LogP contribution is -1.87. The fourth-order valence-corrected chi connectivity index (χ4v) is 2.06. The highest BCUT2D eigenvalue weighted by Gasteiger charge is 1.96. The van der Waals surface area contributed by atoms with E-state index in [2.05, 4.69) is 17.6 Å². The predicted molar refractivity (Wildman–Crippen MR) is 62.4 cm³/mol. The van der Waals surface area contributed by atoms with Crippen LogP contribution < -0.4 is 5.48 Å². The van der Waals surface area contributed by atoms with E-state index < -0.39 is 0 Å². The van der Waals surface area contributed by atoms with Crippen molar-refractivity contribution in [1.82, 2.24) is 0 Å². The Labute approximate surface area is 92.9 Å². The van der Waals surface area contributed by atoms with E-state index in [1.807, 2.05) is 42.5 Å². The molecular formula is C12H11NOS. The first-order chi connectivity index (χ1) is 7.38. The van der Waals surface area contributed by atoms with Crippen molar-refractivity contribution in [3.8, 4) is 0 Å². The highest BCUT2D eigenvalue weighted by Crippen LogP contribution is 2.27. The van der Waals surface area contributed by atoms with Crippen molar-refractivity contribution in [1.29, 1.82) is 0 Å². The SMILES string of the molecule is ONc1ccc(Sc2ccccc2)cc1. The predicted octanol–water partition coefficient (Wildman–Crippen LogP) is 3.64. The molecule has 0 bridgehead atoms. The molecule has 0 heterocycles. The Morgan fingerprint density at radius 2 is 1.40 bits per heavy atom. The molecule has 0 saturated heterocycles. The summed E-state index contributed by atoms with van der Waals surface area (Å²) in [6, 6.07) is 17.8. The van der Waals surface area contributed by atoms with E-state index in [1.165, 1.54) is 4.90 Å². The van der Waals surface area contributed by atoms with Crippen LogP contribution in [0.1, 0.15) is 0 Å². The molecule has 0 aliphatic rings. The van der Waals surface area contributed by atoms with Crippen molar-refractivity contribution in [3.05, 3.63) is 54.6 Å². The summed E-state index contributed by atoms with van der Waals surface area (Å²) < 4.78 is 0. The van der Waals surface area contributed by atoms with Gasteiger partial charge in [0.15, 0.2) is 0 Å². The Morgan fingerprint density at radius 1 is 0.800 bits per heavy atom. The minimum atomic E-state index is 0.701. The Kier molecular flexibility index (Phi) is 3.27. The number of anilines is 1. The largest absolute Gasteiger partial charge is 0.291 e. The third-order valence-electron chi connectivity index (χ3n) is 1.96. The van der Waals surface area contributed by atoms with E-state index in [4.69, 9.17) is 5.21 Å². The van der Waals surface area contributed by atoms with Crippen LogP contribution >= 0.6 is 11.8 Å². The van der Waals surface area contributed by atoms with E-state index in [0.717, 1.165) is 4.90 Å². The van der Waals surface area contributed by atoms with Crippen LogP contribution in [0.3, 0.4) is 0 Å². The summed E-state index contributed by atoms with van der Waals surface area (Å²) in [6.45, 7) is 0. The third kappa shape index (κ3) is 2.75. The first kappa shape index (κ1) is 10.1. The molecule has 2 rings (SSSR count). The van der Waals surface area contributed by atoms with Gasteiger partial charge in [-0.3, -0.25) is 10.7 Å². The van der Waals surface area contributed by atoms with E-state index in [-0.39, 0.29) is 0 Å². The molecule has 3 heteroatoms. The molecule has 0 spiro atoms. The maximum Gasteiger partial charge on any atom is 0.0602 e. The van der Waals surface area contributed by atoms with Crippen LogP contribution in [-0.4, -0.2) is 5.21 Å². The van der Waals surface area contributed by atoms with Crippen LogP contribution in [0.5, 0.6) is 0 Å². The van der Waals surface area contributed by atoms with Crippen molar-refractivity contribution >= 4 is 17.4 Å². The number of hydrogen-bond acceptors (Lipinski definition) is 3. The minimum Gasteiger partial charge on any atom is -0.291 e. The molecule has 2 aromatic rings. The van der Waals surface area contributed by atoms with Crippen LogP contribution in [0.4, 0.5) is 5.69 Å². The molecular weight excluding hydrogens is 206 g/mol. The van der Waals surface area contributed by atoms with Crippen LogP contribution in [0.25, 0.3) is 0 Å². The summed E-state index contributed by atoms with van der Waals surface area (Å²) >= 11 is 1.70. The molecule has 0 radical (unpaired) electrons. The molecule has 0 unspecified atom stereocenters. The molecule has 2 nitrogen and oxygen atoms in total. The molecule has 2 N–H and O–H groups in total. The maximum absolute atomic E-state index is 8.66. The molecule has 0 aliphatic carbocycles. The van der Waals surface area contributed by atoms with Gasteiger partial charge in [0.2, 0.25) is 0 Å². The lowest BCUT2D eigenvalue weighted by atomic mass is 10.3. The molecule has 0 amide bonds. The fourth-order valence-electron chi connectivity index (χ4n) is 1.22. The molecule has 0 saturated carbocycles. The smallest absolute Gasteiger partial charge is 0.0602 e. The normalized spacial score (nSPS) is 9.93. The molecule has 0 atom stereocenters. The number of nitrogens with one attached hydrogen (secondary N) is 1. The highest BCUT2D eigenvalue weighted by atomic mass is 32.2. The number of benzene rings is 2. The first-order valence-corrected chi connectivity index (χ1v) is 5.43. The summed E-state index contributed by atoms with van der Waals surface area (Å²) in [5.41, 5.74) is 2.81. The second-order valence-corrected chi connectivity index (χ2v) is 4.20. The second-order valence-electron chi connectivity index (χ2n) is 3.05. The molecule has 0 fully saturated rings. The summed E-state index contributed by atoms with van der Waals surface area (Å²) in [5.74, 6) is 0. The van der Waals surface area contributed by atoms with E-state index in [9.17, 15) is 0 Å². The van der Waals surface area contributed by atoms with Gasteiger partial charge in [-0.25, -0.2) is 0 Å². The average Bonchev–Trinajstić information content (AvgIpc) is 2.31. The lowest BCUT2D eigenvalue weighted by molar-refractivity contribution is 0.389. The van der Waals surface area contributed by atoms with Crippen LogP contribution in [-0.2, 0) is 0 Å². The van der Waals surface area contributed by atoms with Gasteiger partial charge < -0.3 is 0 Å². The van der Waals surface area contributed by atoms with Gasteiger partial charge in [0.05, 0.1) is 5.69 Å². The average molecular weight is 217 g/mol. The molecule has 0 aliphatic heterocycles. The van der Waals surface area contributed by atoms with Crippen LogP contribution in [0.15, 0.2) is 64.4 Å². The lowest BCUT2D eigenvalue weighted by Gasteiger charge is -2.02. The topological polar surface area (TPSA) is 32.3 Å². The maximum atomic E-state index is 8.66. The standard InChI is InChI=1S/C12H11NOS/c14-13-10-6-8-12(9-7-10)15-11-4-2-1-3-5-11/h1-9,13-14H.